The molecular weight excluding hydrogens is 855 g/mol. The van der Waals surface area contributed by atoms with Crippen LogP contribution in [-0.2, 0) is 46.4 Å². The number of aromatic hydroxyl groups is 1. The lowest BCUT2D eigenvalue weighted by Gasteiger charge is -2.29. The van der Waals surface area contributed by atoms with Gasteiger partial charge in [-0.25, -0.2) is 4.79 Å². The Morgan fingerprint density at radius 3 is 1.67 bits per heavy atom. The van der Waals surface area contributed by atoms with E-state index in [0.717, 1.165) is 0 Å². The number of rotatable bonds is 26. The number of likely N-dealkylation sites (tertiary alicyclic amines) is 1. The van der Waals surface area contributed by atoms with E-state index in [-0.39, 0.29) is 81.6 Å². The highest BCUT2D eigenvalue weighted by Gasteiger charge is 2.38. The summed E-state index contributed by atoms with van der Waals surface area (Å²) in [7, 11) is 0. The summed E-state index contributed by atoms with van der Waals surface area (Å²) in [6.45, 7) is 5.69. The minimum absolute atomic E-state index is 0.0220. The smallest absolute Gasteiger partial charge is 0.326 e. The summed E-state index contributed by atoms with van der Waals surface area (Å²) in [5.74, 6) is -5.94. The average molecular weight is 922 g/mol. The van der Waals surface area contributed by atoms with Gasteiger partial charge in [0.2, 0.25) is 35.4 Å². The number of guanidine groups is 2. The molecule has 0 bridgehead atoms. The van der Waals surface area contributed by atoms with Crippen molar-refractivity contribution in [3.05, 3.63) is 65.7 Å². The van der Waals surface area contributed by atoms with Crippen LogP contribution in [0.4, 0.5) is 0 Å². The Bertz CT molecular complexity index is 2010. The zero-order chi connectivity index (χ0) is 48.9. The van der Waals surface area contributed by atoms with E-state index >= 15 is 0 Å². The van der Waals surface area contributed by atoms with E-state index in [4.69, 9.17) is 28.7 Å². The molecule has 362 valence electrons. The number of nitrogens with one attached hydrogen (secondary N) is 5. The van der Waals surface area contributed by atoms with Crippen molar-refractivity contribution in [2.75, 3.05) is 19.6 Å². The number of aliphatic carboxylic acids is 1. The Balaban J connectivity index is 1.90. The fraction of sp³-hybridized carbons (Fsp3) is 0.523. The SMILES string of the molecule is CC(C)C[C@H](NC(=O)[C@H](CCCN=C(N)N)NC(=O)[C@@H]1CCCN1C(=O)[C@H](C)N)C(=O)N[C@H](CCCN=C(N)N)C(=O)N[C@@H](Cc1ccccc1)C(=O)N[C@H](Cc1ccc(O)cc1)C(=O)O. The number of phenols is 1. The van der Waals surface area contributed by atoms with E-state index < -0.39 is 83.7 Å². The number of hydrogen-bond donors (Lipinski definition) is 12. The van der Waals surface area contributed by atoms with Gasteiger partial charge in [0.1, 0.15) is 42.0 Å². The van der Waals surface area contributed by atoms with Gasteiger partial charge >= 0.3 is 5.97 Å². The standard InChI is InChI=1S/C44H67N13O9/c1-25(2)22-32(54-37(60)31(13-8-20-51-44(48)49)53-40(63)35-14-9-21-57(35)41(64)26(3)45)38(61)52-30(12-7-19-50-43(46)47)36(59)55-33(23-27-10-5-4-6-11-27)39(62)56-34(42(65)66)24-28-15-17-29(58)18-16-28/h4-6,10-11,15-18,25-26,30-35,58H,7-9,12-14,19-24,45H2,1-3H3,(H,52,61)(H,53,63)(H,54,60)(H,55,59)(H,56,62)(H,65,66)(H4,46,47,50)(H4,48,49,51)/t26-,30+,31-,32-,33-,34+,35-/m0/s1. The van der Waals surface area contributed by atoms with Crippen molar-refractivity contribution < 1.29 is 43.8 Å². The maximum absolute atomic E-state index is 14.3. The van der Waals surface area contributed by atoms with Crippen LogP contribution in [0.1, 0.15) is 76.8 Å². The maximum Gasteiger partial charge on any atom is 0.326 e. The second-order valence-electron chi connectivity index (χ2n) is 16.7. The largest absolute Gasteiger partial charge is 0.508 e. The van der Waals surface area contributed by atoms with Crippen molar-refractivity contribution in [1.29, 1.82) is 0 Å². The van der Waals surface area contributed by atoms with Crippen LogP contribution in [-0.4, -0.2) is 130 Å². The van der Waals surface area contributed by atoms with Gasteiger partial charge in [-0.1, -0.05) is 56.3 Å². The summed E-state index contributed by atoms with van der Waals surface area (Å²) in [5.41, 5.74) is 29.0. The first-order valence-corrected chi connectivity index (χ1v) is 22.0. The second kappa shape index (κ2) is 26.7. The first kappa shape index (κ1) is 53.4. The molecule has 0 spiro atoms. The van der Waals surface area contributed by atoms with Gasteiger partial charge in [-0.15, -0.1) is 0 Å². The highest BCUT2D eigenvalue weighted by Crippen LogP contribution is 2.19. The van der Waals surface area contributed by atoms with Gasteiger partial charge in [-0.3, -0.25) is 38.8 Å². The van der Waals surface area contributed by atoms with Gasteiger partial charge in [0.15, 0.2) is 11.9 Å². The lowest BCUT2D eigenvalue weighted by Crippen LogP contribution is -2.60. The highest BCUT2D eigenvalue weighted by molar-refractivity contribution is 5.97. The highest BCUT2D eigenvalue weighted by atomic mass is 16.4. The Hall–Kier alpha value is -6.97. The second-order valence-corrected chi connectivity index (χ2v) is 16.7. The van der Waals surface area contributed by atoms with E-state index in [9.17, 15) is 43.8 Å². The molecule has 0 saturated carbocycles. The quantitative estimate of drug-likeness (QED) is 0.0281. The molecule has 66 heavy (non-hydrogen) atoms. The van der Waals surface area contributed by atoms with Crippen LogP contribution in [0.15, 0.2) is 64.6 Å². The molecule has 7 atom stereocenters. The Kier molecular flexibility index (Phi) is 21.6. The zero-order valence-corrected chi connectivity index (χ0v) is 37.8. The molecule has 0 unspecified atom stereocenters. The predicted molar refractivity (Wildman–Crippen MR) is 247 cm³/mol. The van der Waals surface area contributed by atoms with Gasteiger partial charge < -0.3 is 70.4 Å². The monoisotopic (exact) mass is 922 g/mol. The number of nitrogens with zero attached hydrogens (tertiary/aromatic N) is 3. The van der Waals surface area contributed by atoms with Crippen LogP contribution in [0.2, 0.25) is 0 Å². The third-order valence-electron chi connectivity index (χ3n) is 10.6. The number of nitrogens with two attached hydrogens (primary N) is 5. The van der Waals surface area contributed by atoms with Crippen molar-refractivity contribution >= 4 is 53.3 Å². The van der Waals surface area contributed by atoms with E-state index in [0.29, 0.717) is 30.5 Å². The molecular formula is C44H67N13O9. The summed E-state index contributed by atoms with van der Waals surface area (Å²) in [6.07, 6.45) is 1.28. The molecule has 2 aromatic rings. The Morgan fingerprint density at radius 2 is 1.14 bits per heavy atom. The first-order chi connectivity index (χ1) is 31.2. The molecule has 1 aliphatic heterocycles. The molecule has 1 saturated heterocycles. The van der Waals surface area contributed by atoms with Crippen LogP contribution in [0.3, 0.4) is 0 Å². The van der Waals surface area contributed by atoms with Crippen LogP contribution < -0.4 is 55.3 Å². The van der Waals surface area contributed by atoms with Crippen LogP contribution >= 0.6 is 0 Å². The number of amides is 6. The molecule has 2 aromatic carbocycles. The van der Waals surface area contributed by atoms with Gasteiger partial charge in [0, 0.05) is 32.5 Å². The van der Waals surface area contributed by atoms with Crippen molar-refractivity contribution in [2.45, 2.75) is 121 Å². The molecule has 0 aromatic heterocycles. The summed E-state index contributed by atoms with van der Waals surface area (Å²) in [5, 5.41) is 33.2. The van der Waals surface area contributed by atoms with Crippen molar-refractivity contribution in [1.82, 2.24) is 31.5 Å². The van der Waals surface area contributed by atoms with Crippen LogP contribution in [0, 0.1) is 5.92 Å². The third-order valence-corrected chi connectivity index (χ3v) is 10.6. The Labute approximate surface area is 384 Å². The van der Waals surface area contributed by atoms with Crippen molar-refractivity contribution in [3.63, 3.8) is 0 Å². The normalized spacial score (nSPS) is 16.0. The molecule has 3 rings (SSSR count). The average Bonchev–Trinajstić information content (AvgIpc) is 3.75. The minimum Gasteiger partial charge on any atom is -0.508 e. The third kappa shape index (κ3) is 18.3. The maximum atomic E-state index is 14.3. The fourth-order valence-electron chi connectivity index (χ4n) is 7.30. The number of aliphatic imine (C=N–C) groups is 2. The van der Waals surface area contributed by atoms with Crippen LogP contribution in [0.25, 0.3) is 0 Å². The molecule has 22 nitrogen and oxygen atoms in total. The number of carboxylic acids is 1. The molecule has 6 amide bonds. The molecule has 0 radical (unpaired) electrons. The molecule has 1 heterocycles. The number of carbonyl (C=O) groups is 7. The van der Waals surface area contributed by atoms with Gasteiger partial charge in [0.05, 0.1) is 6.04 Å². The summed E-state index contributed by atoms with van der Waals surface area (Å²) >= 11 is 0. The number of hydrogen-bond acceptors (Lipinski definition) is 11. The number of phenolic OH excluding ortho intramolecular Hbond substituents is 1. The number of carbonyl (C=O) groups excluding carboxylic acids is 6. The van der Waals surface area contributed by atoms with Gasteiger partial charge in [-0.2, -0.15) is 0 Å². The van der Waals surface area contributed by atoms with Gasteiger partial charge in [-0.05, 0) is 81.0 Å². The molecule has 0 aliphatic carbocycles. The first-order valence-electron chi connectivity index (χ1n) is 22.0. The van der Waals surface area contributed by atoms with Gasteiger partial charge in [0.25, 0.3) is 0 Å². The molecule has 1 aliphatic rings. The van der Waals surface area contributed by atoms with E-state index in [1.165, 1.54) is 36.1 Å². The minimum atomic E-state index is -1.41. The lowest BCUT2D eigenvalue weighted by atomic mass is 10.00. The number of benzene rings is 2. The molecule has 1 fully saturated rings. The predicted octanol–water partition coefficient (Wildman–Crippen LogP) is -1.82. The number of carboxylic acid groups (broad SMARTS) is 1. The topological polar surface area (TPSA) is 378 Å². The van der Waals surface area contributed by atoms with E-state index in [1.807, 2.05) is 13.8 Å². The fourth-order valence-corrected chi connectivity index (χ4v) is 7.30. The molecule has 17 N–H and O–H groups in total. The van der Waals surface area contributed by atoms with Crippen molar-refractivity contribution in [2.24, 2.45) is 44.6 Å². The lowest BCUT2D eigenvalue weighted by molar-refractivity contribution is -0.142. The van der Waals surface area contributed by atoms with Crippen molar-refractivity contribution in [3.8, 4) is 5.75 Å². The summed E-state index contributed by atoms with van der Waals surface area (Å²) < 4.78 is 0. The molecule has 22 heteroatoms. The Morgan fingerprint density at radius 1 is 0.667 bits per heavy atom. The van der Waals surface area contributed by atoms with E-state index in [1.54, 1.807) is 30.3 Å². The van der Waals surface area contributed by atoms with E-state index in [2.05, 4.69) is 36.6 Å². The summed E-state index contributed by atoms with van der Waals surface area (Å²) in [4.78, 5) is 105. The van der Waals surface area contributed by atoms with Crippen LogP contribution in [0.5, 0.6) is 5.75 Å². The summed E-state index contributed by atoms with van der Waals surface area (Å²) in [6, 6.07) is 6.32. The zero-order valence-electron chi connectivity index (χ0n) is 37.8.